The summed E-state index contributed by atoms with van der Waals surface area (Å²) in [5, 5.41) is 6.34. The summed E-state index contributed by atoms with van der Waals surface area (Å²) in [5.41, 5.74) is 1.19. The zero-order valence-corrected chi connectivity index (χ0v) is 9.86. The summed E-state index contributed by atoms with van der Waals surface area (Å²) in [5.74, 6) is 0.670. The standard InChI is InChI=1S/C10H18N2OS/c1-8(2)6-9-7-14-10(12-9)11-4-5-13-3/h7-8H,4-6H2,1-3H3,(H,11,12). The molecule has 0 saturated carbocycles. The van der Waals surface area contributed by atoms with Crippen LogP contribution in [0.5, 0.6) is 0 Å². The highest BCUT2D eigenvalue weighted by atomic mass is 32.1. The van der Waals surface area contributed by atoms with Gasteiger partial charge in [-0.3, -0.25) is 0 Å². The Hall–Kier alpha value is -0.610. The van der Waals surface area contributed by atoms with E-state index in [1.54, 1.807) is 18.4 Å². The minimum atomic E-state index is 0.670. The van der Waals surface area contributed by atoms with Gasteiger partial charge in [0.15, 0.2) is 5.13 Å². The van der Waals surface area contributed by atoms with Crippen LogP contribution in [-0.2, 0) is 11.2 Å². The molecule has 4 heteroatoms. The highest BCUT2D eigenvalue weighted by molar-refractivity contribution is 7.13. The average Bonchev–Trinajstić information content (AvgIpc) is 2.52. The van der Waals surface area contributed by atoms with Gasteiger partial charge in [-0.25, -0.2) is 4.98 Å². The molecule has 1 aromatic rings. The van der Waals surface area contributed by atoms with Crippen LogP contribution in [0.3, 0.4) is 0 Å². The Kier molecular flexibility index (Phi) is 4.90. The van der Waals surface area contributed by atoms with Crippen molar-refractivity contribution in [3.05, 3.63) is 11.1 Å². The van der Waals surface area contributed by atoms with Crippen molar-refractivity contribution in [2.24, 2.45) is 5.92 Å². The first-order valence-electron chi connectivity index (χ1n) is 4.89. The average molecular weight is 214 g/mol. The van der Waals surface area contributed by atoms with Crippen LogP contribution in [0.1, 0.15) is 19.5 Å². The smallest absolute Gasteiger partial charge is 0.182 e. The summed E-state index contributed by atoms with van der Waals surface area (Å²) in [7, 11) is 1.70. The number of anilines is 1. The Bertz CT molecular complexity index is 260. The molecule has 0 radical (unpaired) electrons. The first kappa shape index (κ1) is 11.5. The maximum Gasteiger partial charge on any atom is 0.182 e. The predicted molar refractivity (Wildman–Crippen MR) is 61.0 cm³/mol. The molecule has 0 unspecified atom stereocenters. The molecule has 0 spiro atoms. The highest BCUT2D eigenvalue weighted by Gasteiger charge is 2.03. The molecule has 0 amide bonds. The molecule has 1 N–H and O–H groups in total. The normalized spacial score (nSPS) is 10.9. The van der Waals surface area contributed by atoms with Crippen LogP contribution in [0.4, 0.5) is 5.13 Å². The molecule has 0 bridgehead atoms. The summed E-state index contributed by atoms with van der Waals surface area (Å²) in [6.07, 6.45) is 1.06. The minimum Gasteiger partial charge on any atom is -0.383 e. The van der Waals surface area contributed by atoms with Crippen LogP contribution in [0.25, 0.3) is 0 Å². The van der Waals surface area contributed by atoms with Gasteiger partial charge in [-0.1, -0.05) is 13.8 Å². The van der Waals surface area contributed by atoms with Gasteiger partial charge in [-0.05, 0) is 12.3 Å². The lowest BCUT2D eigenvalue weighted by Gasteiger charge is -2.01. The molecule has 1 heterocycles. The first-order chi connectivity index (χ1) is 6.72. The largest absolute Gasteiger partial charge is 0.383 e. The molecule has 0 fully saturated rings. The summed E-state index contributed by atoms with van der Waals surface area (Å²) < 4.78 is 4.95. The maximum absolute atomic E-state index is 4.95. The van der Waals surface area contributed by atoms with Crippen LogP contribution in [0, 0.1) is 5.92 Å². The van der Waals surface area contributed by atoms with E-state index in [1.807, 2.05) is 0 Å². The summed E-state index contributed by atoms with van der Waals surface area (Å²) in [6.45, 7) is 5.96. The number of nitrogens with zero attached hydrogens (tertiary/aromatic N) is 1. The SMILES string of the molecule is COCCNc1nc(CC(C)C)cs1. The second-order valence-corrected chi connectivity index (χ2v) is 4.52. The molecule has 80 valence electrons. The molecule has 3 nitrogen and oxygen atoms in total. The van der Waals surface area contributed by atoms with Gasteiger partial charge in [-0.15, -0.1) is 11.3 Å². The predicted octanol–water partition coefficient (Wildman–Crippen LogP) is 2.40. The van der Waals surface area contributed by atoms with Gasteiger partial charge in [-0.2, -0.15) is 0 Å². The van der Waals surface area contributed by atoms with Crippen molar-refractivity contribution >= 4 is 16.5 Å². The Balaban J connectivity index is 2.35. The highest BCUT2D eigenvalue weighted by Crippen LogP contribution is 2.17. The van der Waals surface area contributed by atoms with E-state index in [9.17, 15) is 0 Å². The number of ether oxygens (including phenoxy) is 1. The monoisotopic (exact) mass is 214 g/mol. The van der Waals surface area contributed by atoms with Gasteiger partial charge >= 0.3 is 0 Å². The van der Waals surface area contributed by atoms with Crippen LogP contribution >= 0.6 is 11.3 Å². The fourth-order valence-electron chi connectivity index (χ4n) is 1.16. The van der Waals surface area contributed by atoms with E-state index < -0.39 is 0 Å². The summed E-state index contributed by atoms with van der Waals surface area (Å²) >= 11 is 1.66. The molecule has 0 aliphatic heterocycles. The minimum absolute atomic E-state index is 0.670. The van der Waals surface area contributed by atoms with Crippen molar-refractivity contribution < 1.29 is 4.74 Å². The van der Waals surface area contributed by atoms with Gasteiger partial charge in [0.2, 0.25) is 0 Å². The molecule has 0 atom stereocenters. The van der Waals surface area contributed by atoms with E-state index in [-0.39, 0.29) is 0 Å². The summed E-state index contributed by atoms with van der Waals surface area (Å²) in [4.78, 5) is 4.47. The number of hydrogen-bond acceptors (Lipinski definition) is 4. The number of aromatic nitrogens is 1. The second kappa shape index (κ2) is 5.98. The van der Waals surface area contributed by atoms with Crippen LogP contribution in [0.15, 0.2) is 5.38 Å². The first-order valence-corrected chi connectivity index (χ1v) is 5.77. The van der Waals surface area contributed by atoms with Gasteiger partial charge < -0.3 is 10.1 Å². The Morgan fingerprint density at radius 1 is 1.57 bits per heavy atom. The molecule has 0 aliphatic rings. The molecule has 1 aromatic heterocycles. The Morgan fingerprint density at radius 3 is 3.00 bits per heavy atom. The lowest BCUT2D eigenvalue weighted by atomic mass is 10.1. The van der Waals surface area contributed by atoms with E-state index in [2.05, 4.69) is 29.5 Å². The molecule has 14 heavy (non-hydrogen) atoms. The molecular weight excluding hydrogens is 196 g/mol. The topological polar surface area (TPSA) is 34.1 Å². The van der Waals surface area contributed by atoms with E-state index in [0.29, 0.717) is 5.92 Å². The summed E-state index contributed by atoms with van der Waals surface area (Å²) in [6, 6.07) is 0. The van der Waals surface area contributed by atoms with Gasteiger partial charge in [0.25, 0.3) is 0 Å². The molecule has 1 rings (SSSR count). The third kappa shape index (κ3) is 4.07. The fourth-order valence-corrected chi connectivity index (χ4v) is 1.91. The second-order valence-electron chi connectivity index (χ2n) is 3.66. The zero-order chi connectivity index (χ0) is 10.4. The van der Waals surface area contributed by atoms with Crippen LogP contribution < -0.4 is 5.32 Å². The maximum atomic E-state index is 4.95. The molecule has 0 saturated heterocycles. The van der Waals surface area contributed by atoms with Crippen molar-refractivity contribution in [1.29, 1.82) is 0 Å². The fraction of sp³-hybridized carbons (Fsp3) is 0.700. The number of nitrogens with one attached hydrogen (secondary N) is 1. The molecule has 0 aromatic carbocycles. The van der Waals surface area contributed by atoms with Gasteiger partial charge in [0, 0.05) is 19.0 Å². The third-order valence-electron chi connectivity index (χ3n) is 1.75. The number of rotatable bonds is 6. The van der Waals surface area contributed by atoms with Crippen molar-refractivity contribution in [2.75, 3.05) is 25.6 Å². The Labute approximate surface area is 89.5 Å². The lowest BCUT2D eigenvalue weighted by Crippen LogP contribution is -2.07. The number of thiazole rings is 1. The number of hydrogen-bond donors (Lipinski definition) is 1. The van der Waals surface area contributed by atoms with Crippen molar-refractivity contribution in [2.45, 2.75) is 20.3 Å². The van der Waals surface area contributed by atoms with Crippen molar-refractivity contribution in [3.8, 4) is 0 Å². The quantitative estimate of drug-likeness (QED) is 0.738. The zero-order valence-electron chi connectivity index (χ0n) is 9.04. The van der Waals surface area contributed by atoms with Gasteiger partial charge in [0.1, 0.15) is 0 Å². The van der Waals surface area contributed by atoms with Crippen LogP contribution in [-0.4, -0.2) is 25.2 Å². The molecular formula is C10H18N2OS. The van der Waals surface area contributed by atoms with Crippen molar-refractivity contribution in [3.63, 3.8) is 0 Å². The lowest BCUT2D eigenvalue weighted by molar-refractivity contribution is 0.211. The van der Waals surface area contributed by atoms with Gasteiger partial charge in [0.05, 0.1) is 12.3 Å². The van der Waals surface area contributed by atoms with Crippen molar-refractivity contribution in [1.82, 2.24) is 4.98 Å². The Morgan fingerprint density at radius 2 is 2.36 bits per heavy atom. The van der Waals surface area contributed by atoms with E-state index >= 15 is 0 Å². The van der Waals surface area contributed by atoms with E-state index in [1.165, 1.54) is 5.69 Å². The third-order valence-corrected chi connectivity index (χ3v) is 2.60. The van der Waals surface area contributed by atoms with E-state index in [4.69, 9.17) is 4.74 Å². The van der Waals surface area contributed by atoms with E-state index in [0.717, 1.165) is 24.7 Å². The number of methoxy groups -OCH3 is 1. The van der Waals surface area contributed by atoms with Crippen LogP contribution in [0.2, 0.25) is 0 Å². The molecule has 0 aliphatic carbocycles.